The maximum atomic E-state index is 13.1. The van der Waals surface area contributed by atoms with Crippen LogP contribution in [0, 0.1) is 0 Å². The van der Waals surface area contributed by atoms with Gasteiger partial charge in [0.25, 0.3) is 0 Å². The third kappa shape index (κ3) is 6.90. The predicted octanol–water partition coefficient (Wildman–Crippen LogP) is 6.47. The molecule has 0 aliphatic rings. The molecular weight excluding hydrogens is 602 g/mol. The summed E-state index contributed by atoms with van der Waals surface area (Å²) in [4.78, 5) is 0. The molecule has 1 unspecified atom stereocenters. The quantitative estimate of drug-likeness (QED) is 0.142. The van der Waals surface area contributed by atoms with E-state index in [0.29, 0.717) is 0 Å². The van der Waals surface area contributed by atoms with Gasteiger partial charge in [0.1, 0.15) is 0 Å². The standard InChI is InChI=1S/C9H4F16O3S.C8H20N/c10-2(1-3(11,12)13)4(14,15)5(16,17)6(18,19)7(20,21)8(22,23)9(24,25)29(26,27)28;1-5-9(6-2,7-3)8-4/h2H,1H2,(H,26,27,28);5-8H2,1-4H3/q;+1/p-1. The van der Waals surface area contributed by atoms with E-state index in [0.717, 1.165) is 0 Å². The summed E-state index contributed by atoms with van der Waals surface area (Å²) >= 11 is 0. The first-order valence-corrected chi connectivity index (χ1v) is 11.6. The second-order valence-electron chi connectivity index (χ2n) is 7.78. The van der Waals surface area contributed by atoms with E-state index >= 15 is 0 Å². The summed E-state index contributed by atoms with van der Waals surface area (Å²) in [5, 5.41) is -7.81. The molecule has 0 aromatic carbocycles. The number of alkyl halides is 16. The zero-order valence-electron chi connectivity index (χ0n) is 19.7. The molecule has 21 heteroatoms. The van der Waals surface area contributed by atoms with Crippen molar-refractivity contribution in [1.82, 2.24) is 0 Å². The van der Waals surface area contributed by atoms with E-state index in [1.165, 1.54) is 30.7 Å². The van der Waals surface area contributed by atoms with Gasteiger partial charge in [-0.3, -0.25) is 0 Å². The summed E-state index contributed by atoms with van der Waals surface area (Å²) in [6, 6.07) is 0. The van der Waals surface area contributed by atoms with E-state index in [-0.39, 0.29) is 0 Å². The summed E-state index contributed by atoms with van der Waals surface area (Å²) in [5.41, 5.74) is 0. The van der Waals surface area contributed by atoms with Crippen LogP contribution in [0.1, 0.15) is 34.1 Å². The van der Waals surface area contributed by atoms with Crippen molar-refractivity contribution in [3.8, 4) is 0 Å². The number of hydrogen-bond acceptors (Lipinski definition) is 3. The molecule has 0 saturated carbocycles. The summed E-state index contributed by atoms with van der Waals surface area (Å²) in [6.07, 6.45) is -15.3. The Labute approximate surface area is 206 Å². The zero-order chi connectivity index (χ0) is 31.6. The van der Waals surface area contributed by atoms with Gasteiger partial charge in [-0.2, -0.15) is 65.9 Å². The molecule has 232 valence electrons. The molecule has 0 aliphatic heterocycles. The summed E-state index contributed by atoms with van der Waals surface area (Å²) < 4.78 is 235. The van der Waals surface area contributed by atoms with Crippen molar-refractivity contribution >= 4 is 10.1 Å². The third-order valence-electron chi connectivity index (χ3n) is 5.77. The van der Waals surface area contributed by atoms with Gasteiger partial charge < -0.3 is 9.04 Å². The molecule has 0 amide bonds. The van der Waals surface area contributed by atoms with Crippen molar-refractivity contribution in [2.45, 2.75) is 81.3 Å². The van der Waals surface area contributed by atoms with Crippen molar-refractivity contribution in [1.29, 1.82) is 0 Å². The van der Waals surface area contributed by atoms with Crippen LogP contribution in [0.5, 0.6) is 0 Å². The van der Waals surface area contributed by atoms with Crippen LogP contribution in [0.15, 0.2) is 0 Å². The first-order chi connectivity index (χ1) is 16.4. The first kappa shape index (κ1) is 38.9. The van der Waals surface area contributed by atoms with Crippen molar-refractivity contribution in [3.63, 3.8) is 0 Å². The highest BCUT2D eigenvalue weighted by atomic mass is 32.2. The van der Waals surface area contributed by atoms with E-state index in [1.807, 2.05) is 0 Å². The monoisotopic (exact) mass is 625 g/mol. The molecule has 0 aromatic heterocycles. The Hall–Kier alpha value is -1.25. The van der Waals surface area contributed by atoms with Crippen LogP contribution >= 0.6 is 0 Å². The number of halogens is 16. The molecule has 0 radical (unpaired) electrons. The molecule has 0 fully saturated rings. The highest BCUT2D eigenvalue weighted by Crippen LogP contribution is 2.61. The number of quaternary nitrogens is 1. The van der Waals surface area contributed by atoms with Gasteiger partial charge >= 0.3 is 41.0 Å². The Bertz CT molecular complexity index is 851. The minimum absolute atomic E-state index is 1.28. The Kier molecular flexibility index (Phi) is 12.0. The minimum Gasteiger partial charge on any atom is -0.743 e. The van der Waals surface area contributed by atoms with Gasteiger partial charge in [-0.1, -0.05) is 0 Å². The Balaban J connectivity index is 0. The Morgan fingerprint density at radius 1 is 0.605 bits per heavy atom. The van der Waals surface area contributed by atoms with Gasteiger partial charge in [0.2, 0.25) is 0 Å². The van der Waals surface area contributed by atoms with Gasteiger partial charge in [0, 0.05) is 0 Å². The molecule has 4 nitrogen and oxygen atoms in total. The zero-order valence-corrected chi connectivity index (χ0v) is 20.6. The fraction of sp³-hybridized carbons (Fsp3) is 1.00. The van der Waals surface area contributed by atoms with Crippen molar-refractivity contribution in [2.24, 2.45) is 0 Å². The number of rotatable bonds is 12. The van der Waals surface area contributed by atoms with Crippen LogP contribution in [0.3, 0.4) is 0 Å². The second kappa shape index (κ2) is 11.7. The second-order valence-corrected chi connectivity index (χ2v) is 9.21. The lowest BCUT2D eigenvalue weighted by Crippen LogP contribution is -2.72. The maximum Gasteiger partial charge on any atom is 0.402 e. The molecule has 0 aliphatic carbocycles. The van der Waals surface area contributed by atoms with Crippen LogP contribution < -0.4 is 0 Å². The lowest BCUT2D eigenvalue weighted by molar-refractivity contribution is -0.921. The van der Waals surface area contributed by atoms with Gasteiger partial charge in [0.15, 0.2) is 16.3 Å². The summed E-state index contributed by atoms with van der Waals surface area (Å²) in [7, 11) is -8.03. The first-order valence-electron chi connectivity index (χ1n) is 10.2. The molecule has 0 spiro atoms. The Morgan fingerprint density at radius 2 is 0.895 bits per heavy atom. The molecule has 0 heterocycles. The molecule has 0 saturated heterocycles. The van der Waals surface area contributed by atoms with E-state index in [4.69, 9.17) is 0 Å². The Morgan fingerprint density at radius 3 is 1.11 bits per heavy atom. The van der Waals surface area contributed by atoms with Crippen LogP contribution in [0.4, 0.5) is 70.2 Å². The van der Waals surface area contributed by atoms with Gasteiger partial charge in [-0.15, -0.1) is 0 Å². The lowest BCUT2D eigenvalue weighted by Gasteiger charge is -2.42. The molecule has 0 N–H and O–H groups in total. The summed E-state index contributed by atoms with van der Waals surface area (Å²) in [5.74, 6) is -41.1. The predicted molar refractivity (Wildman–Crippen MR) is 97.4 cm³/mol. The molecule has 38 heavy (non-hydrogen) atoms. The molecule has 1 atom stereocenters. The largest absolute Gasteiger partial charge is 0.743 e. The van der Waals surface area contributed by atoms with Crippen LogP contribution in [0.2, 0.25) is 0 Å². The van der Waals surface area contributed by atoms with Crippen molar-refractivity contribution in [2.75, 3.05) is 26.2 Å². The van der Waals surface area contributed by atoms with Gasteiger partial charge in [0.05, 0.1) is 32.6 Å². The molecule has 0 rings (SSSR count). The fourth-order valence-corrected chi connectivity index (χ4v) is 3.26. The van der Waals surface area contributed by atoms with Crippen molar-refractivity contribution < 1.29 is 87.7 Å². The van der Waals surface area contributed by atoms with E-state index < -0.39 is 63.8 Å². The fourth-order valence-electron chi connectivity index (χ4n) is 2.81. The SMILES string of the molecule is CC[N+](CC)(CC)CC.O=S(=O)([O-])C(F)(F)C(F)(F)C(F)(F)C(F)(F)C(F)(F)C(F)(F)C(F)CC(F)(F)F. The normalized spacial score (nSPS) is 16.1. The van der Waals surface area contributed by atoms with Crippen molar-refractivity contribution in [3.05, 3.63) is 0 Å². The van der Waals surface area contributed by atoms with Crippen LogP contribution in [-0.2, 0) is 10.1 Å². The third-order valence-corrected chi connectivity index (χ3v) is 6.65. The lowest BCUT2D eigenvalue weighted by atomic mass is 9.91. The van der Waals surface area contributed by atoms with E-state index in [9.17, 15) is 83.2 Å². The number of hydrogen-bond donors (Lipinski definition) is 0. The van der Waals surface area contributed by atoms with Gasteiger partial charge in [-0.05, 0) is 27.7 Å². The van der Waals surface area contributed by atoms with E-state index in [2.05, 4.69) is 27.7 Å². The average Bonchev–Trinajstić information content (AvgIpc) is 2.73. The maximum absolute atomic E-state index is 13.1. The highest BCUT2D eigenvalue weighted by molar-refractivity contribution is 7.86. The van der Waals surface area contributed by atoms with Crippen LogP contribution in [0.25, 0.3) is 0 Å². The highest BCUT2D eigenvalue weighted by Gasteiger charge is 2.91. The van der Waals surface area contributed by atoms with Gasteiger partial charge in [-0.25, -0.2) is 12.8 Å². The topological polar surface area (TPSA) is 57.2 Å². The van der Waals surface area contributed by atoms with E-state index in [1.54, 1.807) is 0 Å². The van der Waals surface area contributed by atoms with Crippen LogP contribution in [-0.4, -0.2) is 90.8 Å². The smallest absolute Gasteiger partial charge is 0.402 e. The average molecular weight is 625 g/mol. The number of nitrogens with zero attached hydrogens (tertiary/aromatic N) is 1. The molecular formula is C17H23F16NO3S. The minimum atomic E-state index is -8.54. The molecule has 0 bridgehead atoms. The summed E-state index contributed by atoms with van der Waals surface area (Å²) in [6.45, 7) is 14.2. The molecule has 0 aromatic rings.